The molecule has 0 radical (unpaired) electrons. The van der Waals surface area contributed by atoms with E-state index >= 15 is 0 Å². The molecule has 0 aliphatic carbocycles. The van der Waals surface area contributed by atoms with Crippen molar-refractivity contribution >= 4 is 33.5 Å². The quantitative estimate of drug-likeness (QED) is 0.876. The summed E-state index contributed by atoms with van der Waals surface area (Å²) in [6.07, 6.45) is 3.69. The molecule has 0 atom stereocenters. The van der Waals surface area contributed by atoms with Gasteiger partial charge >= 0.3 is 0 Å². The van der Waals surface area contributed by atoms with Gasteiger partial charge in [-0.3, -0.25) is 0 Å². The smallest absolute Gasteiger partial charge is 0.125 e. The highest BCUT2D eigenvalue weighted by molar-refractivity contribution is 9.10. The second kappa shape index (κ2) is 6.02. The summed E-state index contributed by atoms with van der Waals surface area (Å²) in [6, 6.07) is 7.96. The van der Waals surface area contributed by atoms with Crippen molar-refractivity contribution in [1.82, 2.24) is 9.97 Å². The first-order chi connectivity index (χ1) is 8.29. The van der Waals surface area contributed by atoms with E-state index in [0.29, 0.717) is 0 Å². The average molecular weight is 310 g/mol. The van der Waals surface area contributed by atoms with Crippen LogP contribution in [0.4, 0.5) is 5.82 Å². The van der Waals surface area contributed by atoms with Crippen LogP contribution in [0, 0.1) is 0 Å². The van der Waals surface area contributed by atoms with Crippen LogP contribution in [0.25, 0.3) is 0 Å². The molecule has 0 aliphatic heterocycles. The molecule has 0 saturated heterocycles. The SMILES string of the molecule is CNc1ccc(CSc2ncccc2Br)cn1. The lowest BCUT2D eigenvalue weighted by Gasteiger charge is -2.04. The Hall–Kier alpha value is -1.07. The van der Waals surface area contributed by atoms with E-state index < -0.39 is 0 Å². The van der Waals surface area contributed by atoms with Crippen LogP contribution < -0.4 is 5.32 Å². The summed E-state index contributed by atoms with van der Waals surface area (Å²) in [5.74, 6) is 1.75. The zero-order chi connectivity index (χ0) is 12.1. The molecular weight excluding hydrogens is 298 g/mol. The fourth-order valence-electron chi connectivity index (χ4n) is 1.29. The molecule has 1 N–H and O–H groups in total. The van der Waals surface area contributed by atoms with E-state index in [1.807, 2.05) is 31.4 Å². The van der Waals surface area contributed by atoms with Crippen molar-refractivity contribution in [3.05, 3.63) is 46.7 Å². The first-order valence-electron chi connectivity index (χ1n) is 5.15. The molecule has 17 heavy (non-hydrogen) atoms. The molecule has 2 heterocycles. The van der Waals surface area contributed by atoms with Crippen LogP contribution in [-0.2, 0) is 5.75 Å². The molecule has 0 aromatic carbocycles. The molecule has 0 spiro atoms. The number of halogens is 1. The van der Waals surface area contributed by atoms with E-state index in [4.69, 9.17) is 0 Å². The van der Waals surface area contributed by atoms with Gasteiger partial charge in [0.15, 0.2) is 0 Å². The second-order valence-electron chi connectivity index (χ2n) is 3.38. The van der Waals surface area contributed by atoms with E-state index in [1.165, 1.54) is 5.56 Å². The van der Waals surface area contributed by atoms with Crippen LogP contribution in [-0.4, -0.2) is 17.0 Å². The van der Waals surface area contributed by atoms with Gasteiger partial charge in [-0.2, -0.15) is 0 Å². The van der Waals surface area contributed by atoms with Gasteiger partial charge in [-0.25, -0.2) is 9.97 Å². The van der Waals surface area contributed by atoms with E-state index in [0.717, 1.165) is 21.1 Å². The Morgan fingerprint density at radius 1 is 1.29 bits per heavy atom. The van der Waals surface area contributed by atoms with Crippen LogP contribution in [0.2, 0.25) is 0 Å². The van der Waals surface area contributed by atoms with E-state index in [1.54, 1.807) is 18.0 Å². The number of nitrogens with one attached hydrogen (secondary N) is 1. The van der Waals surface area contributed by atoms with Crippen LogP contribution in [0.5, 0.6) is 0 Å². The van der Waals surface area contributed by atoms with Crippen LogP contribution >= 0.6 is 27.7 Å². The lowest BCUT2D eigenvalue weighted by molar-refractivity contribution is 1.11. The fourth-order valence-corrected chi connectivity index (χ4v) is 2.70. The minimum absolute atomic E-state index is 0.868. The molecule has 0 aliphatic rings. The molecule has 0 unspecified atom stereocenters. The van der Waals surface area contributed by atoms with Crippen molar-refractivity contribution in [3.8, 4) is 0 Å². The highest BCUT2D eigenvalue weighted by atomic mass is 79.9. The summed E-state index contributed by atoms with van der Waals surface area (Å²) in [5, 5.41) is 4.00. The van der Waals surface area contributed by atoms with Gasteiger partial charge in [0.05, 0.1) is 0 Å². The molecule has 2 aromatic heterocycles. The number of thioether (sulfide) groups is 1. The van der Waals surface area contributed by atoms with Crippen LogP contribution in [0.15, 0.2) is 46.2 Å². The second-order valence-corrected chi connectivity index (χ2v) is 5.20. The number of hydrogen-bond donors (Lipinski definition) is 1. The van der Waals surface area contributed by atoms with E-state index in [2.05, 4.69) is 37.3 Å². The maximum atomic E-state index is 4.31. The van der Waals surface area contributed by atoms with Gasteiger partial charge in [0.2, 0.25) is 0 Å². The zero-order valence-corrected chi connectivity index (χ0v) is 11.8. The third-order valence-electron chi connectivity index (χ3n) is 2.18. The lowest BCUT2D eigenvalue weighted by atomic mass is 10.3. The van der Waals surface area contributed by atoms with Gasteiger partial charge in [-0.15, -0.1) is 11.8 Å². The largest absolute Gasteiger partial charge is 0.373 e. The number of pyridine rings is 2. The van der Waals surface area contributed by atoms with Crippen molar-refractivity contribution in [2.45, 2.75) is 10.8 Å². The Morgan fingerprint density at radius 3 is 2.82 bits per heavy atom. The Balaban J connectivity index is 2.00. The predicted octanol–water partition coefficient (Wildman–Crippen LogP) is 3.57. The minimum atomic E-state index is 0.868. The molecule has 3 nitrogen and oxygen atoms in total. The third-order valence-corrected chi connectivity index (χ3v) is 4.16. The molecular formula is C12H12BrN3S. The zero-order valence-electron chi connectivity index (χ0n) is 9.35. The maximum absolute atomic E-state index is 4.31. The Morgan fingerprint density at radius 2 is 2.18 bits per heavy atom. The first-order valence-corrected chi connectivity index (χ1v) is 6.93. The summed E-state index contributed by atoms with van der Waals surface area (Å²) in [6.45, 7) is 0. The molecule has 0 saturated carbocycles. The summed E-state index contributed by atoms with van der Waals surface area (Å²) in [4.78, 5) is 8.59. The average Bonchev–Trinajstić information content (AvgIpc) is 2.38. The lowest BCUT2D eigenvalue weighted by Crippen LogP contribution is -1.92. The van der Waals surface area contributed by atoms with Gasteiger partial charge in [0, 0.05) is 29.7 Å². The van der Waals surface area contributed by atoms with Crippen molar-refractivity contribution in [1.29, 1.82) is 0 Å². The highest BCUT2D eigenvalue weighted by Crippen LogP contribution is 2.27. The third kappa shape index (κ3) is 3.44. The van der Waals surface area contributed by atoms with Gasteiger partial charge in [0.25, 0.3) is 0 Å². The Bertz CT molecular complexity index is 487. The van der Waals surface area contributed by atoms with Crippen LogP contribution in [0.1, 0.15) is 5.56 Å². The first kappa shape index (κ1) is 12.4. The minimum Gasteiger partial charge on any atom is -0.373 e. The van der Waals surface area contributed by atoms with Crippen molar-refractivity contribution in [3.63, 3.8) is 0 Å². The molecule has 2 aromatic rings. The van der Waals surface area contributed by atoms with E-state index in [9.17, 15) is 0 Å². The maximum Gasteiger partial charge on any atom is 0.125 e. The predicted molar refractivity (Wildman–Crippen MR) is 75.3 cm³/mol. The van der Waals surface area contributed by atoms with Crippen molar-refractivity contribution < 1.29 is 0 Å². The number of rotatable bonds is 4. The summed E-state index contributed by atoms with van der Waals surface area (Å²) < 4.78 is 1.03. The fraction of sp³-hybridized carbons (Fsp3) is 0.167. The van der Waals surface area contributed by atoms with Gasteiger partial charge in [-0.05, 0) is 39.7 Å². The van der Waals surface area contributed by atoms with Crippen molar-refractivity contribution in [2.24, 2.45) is 0 Å². The summed E-state index contributed by atoms with van der Waals surface area (Å²) in [7, 11) is 1.86. The summed E-state index contributed by atoms with van der Waals surface area (Å²) >= 11 is 5.18. The normalized spacial score (nSPS) is 10.2. The van der Waals surface area contributed by atoms with Gasteiger partial charge < -0.3 is 5.32 Å². The molecule has 5 heteroatoms. The molecule has 0 bridgehead atoms. The van der Waals surface area contributed by atoms with Gasteiger partial charge in [0.1, 0.15) is 10.8 Å². The molecule has 88 valence electrons. The molecule has 0 amide bonds. The summed E-state index contributed by atoms with van der Waals surface area (Å²) in [5.41, 5.74) is 1.19. The number of hydrogen-bond acceptors (Lipinski definition) is 4. The highest BCUT2D eigenvalue weighted by Gasteiger charge is 2.02. The number of aromatic nitrogens is 2. The van der Waals surface area contributed by atoms with Crippen LogP contribution in [0.3, 0.4) is 0 Å². The Labute approximate surface area is 113 Å². The van der Waals surface area contributed by atoms with Crippen molar-refractivity contribution in [2.75, 3.05) is 12.4 Å². The Kier molecular flexibility index (Phi) is 4.39. The standard InChI is InChI=1S/C12H12BrN3S/c1-14-11-5-4-9(7-16-11)8-17-12-10(13)3-2-6-15-12/h2-7H,8H2,1H3,(H,14,16). The van der Waals surface area contributed by atoms with E-state index in [-0.39, 0.29) is 0 Å². The number of nitrogens with zero attached hydrogens (tertiary/aromatic N) is 2. The molecule has 2 rings (SSSR count). The molecule has 0 fully saturated rings. The topological polar surface area (TPSA) is 37.8 Å². The van der Waals surface area contributed by atoms with Gasteiger partial charge in [-0.1, -0.05) is 6.07 Å². The monoisotopic (exact) mass is 309 g/mol. The number of anilines is 1.